The van der Waals surface area contributed by atoms with Crippen molar-refractivity contribution in [2.45, 2.75) is 31.2 Å². The highest BCUT2D eigenvalue weighted by Crippen LogP contribution is 2.38. The molecule has 0 aromatic carbocycles. The van der Waals surface area contributed by atoms with Crippen LogP contribution in [-0.2, 0) is 0 Å². The van der Waals surface area contributed by atoms with Gasteiger partial charge >= 0.3 is 6.18 Å². The van der Waals surface area contributed by atoms with Gasteiger partial charge in [-0.3, -0.25) is 0 Å². The van der Waals surface area contributed by atoms with Crippen molar-refractivity contribution in [2.24, 2.45) is 11.0 Å². The highest BCUT2D eigenvalue weighted by atomic mass is 32.1. The maximum absolute atomic E-state index is 13.3. The first kappa shape index (κ1) is 13.2. The minimum Gasteiger partial charge on any atom is -0.242 e. The largest absolute Gasteiger partial charge is 0.415 e. The lowest BCUT2D eigenvalue weighted by atomic mass is 9.84. The van der Waals surface area contributed by atoms with Gasteiger partial charge < -0.3 is 0 Å². The molecule has 90 valence electrons. The molecule has 0 heterocycles. The first-order chi connectivity index (χ1) is 7.40. The van der Waals surface area contributed by atoms with E-state index >= 15 is 0 Å². The molecule has 7 heteroatoms. The summed E-state index contributed by atoms with van der Waals surface area (Å²) in [4.78, 5) is 0. The van der Waals surface area contributed by atoms with Crippen LogP contribution >= 0.6 is 12.2 Å². The molecule has 0 radical (unpaired) electrons. The van der Waals surface area contributed by atoms with E-state index in [1.807, 2.05) is 0 Å². The predicted molar refractivity (Wildman–Crippen MR) is 54.3 cm³/mol. The van der Waals surface area contributed by atoms with E-state index in [0.717, 1.165) is 6.08 Å². The molecule has 0 amide bonds. The fourth-order valence-electron chi connectivity index (χ4n) is 1.71. The van der Waals surface area contributed by atoms with E-state index in [1.165, 1.54) is 5.37 Å². The van der Waals surface area contributed by atoms with Crippen LogP contribution in [-0.4, -0.2) is 23.8 Å². The SMILES string of the molecule is N=NC(C=S)C1CC=C(C(F)(F)F)C(F)C1. The molecular formula is C9H10F4N2S. The van der Waals surface area contributed by atoms with Gasteiger partial charge in [0.2, 0.25) is 0 Å². The fourth-order valence-corrected chi connectivity index (χ4v) is 2.00. The number of halogens is 4. The number of hydrogen-bond donors (Lipinski definition) is 1. The molecule has 0 saturated carbocycles. The number of hydrogen-bond acceptors (Lipinski definition) is 3. The van der Waals surface area contributed by atoms with Gasteiger partial charge in [0, 0.05) is 5.37 Å². The van der Waals surface area contributed by atoms with Gasteiger partial charge in [0.25, 0.3) is 0 Å². The molecule has 0 fully saturated rings. The minimum absolute atomic E-state index is 0.0510. The van der Waals surface area contributed by atoms with Crippen LogP contribution in [0.15, 0.2) is 16.8 Å². The molecule has 0 spiro atoms. The summed E-state index contributed by atoms with van der Waals surface area (Å²) in [6.07, 6.45) is -6.05. The van der Waals surface area contributed by atoms with Gasteiger partial charge in [0.05, 0.1) is 5.57 Å². The molecule has 2 nitrogen and oxygen atoms in total. The van der Waals surface area contributed by atoms with Crippen molar-refractivity contribution in [3.63, 3.8) is 0 Å². The summed E-state index contributed by atoms with van der Waals surface area (Å²) in [6.45, 7) is 0. The van der Waals surface area contributed by atoms with Gasteiger partial charge in [0.15, 0.2) is 0 Å². The highest BCUT2D eigenvalue weighted by molar-refractivity contribution is 7.79. The zero-order chi connectivity index (χ0) is 12.3. The summed E-state index contributed by atoms with van der Waals surface area (Å²) in [5.74, 6) is -0.448. The maximum atomic E-state index is 13.3. The topological polar surface area (TPSA) is 36.2 Å². The molecule has 16 heavy (non-hydrogen) atoms. The second-order valence-electron chi connectivity index (χ2n) is 3.61. The van der Waals surface area contributed by atoms with E-state index in [4.69, 9.17) is 5.53 Å². The molecule has 0 aromatic rings. The van der Waals surface area contributed by atoms with Crippen LogP contribution < -0.4 is 0 Å². The van der Waals surface area contributed by atoms with Crippen molar-refractivity contribution < 1.29 is 17.6 Å². The number of nitrogens with zero attached hydrogens (tertiary/aromatic N) is 1. The lowest BCUT2D eigenvalue weighted by molar-refractivity contribution is -0.103. The van der Waals surface area contributed by atoms with E-state index in [0.29, 0.717) is 0 Å². The fraction of sp³-hybridized carbons (Fsp3) is 0.667. The maximum Gasteiger partial charge on any atom is 0.415 e. The second-order valence-corrected chi connectivity index (χ2v) is 3.88. The van der Waals surface area contributed by atoms with Crippen LogP contribution in [0.2, 0.25) is 0 Å². The first-order valence-electron chi connectivity index (χ1n) is 4.63. The number of thiocarbonyl (C=S) groups is 1. The normalized spacial score (nSPS) is 28.1. The summed E-state index contributed by atoms with van der Waals surface area (Å²) in [5.41, 5.74) is 5.67. The van der Waals surface area contributed by atoms with Crippen molar-refractivity contribution in [3.8, 4) is 0 Å². The third kappa shape index (κ3) is 2.84. The standard InChI is InChI=1S/C9H10F4N2S/c10-7-3-5(8(4-16)15-14)1-2-6(7)9(11,12)13/h2,4-5,7-8,14H,1,3H2. The average molecular weight is 254 g/mol. The summed E-state index contributed by atoms with van der Waals surface area (Å²) >= 11 is 4.59. The molecule has 0 bridgehead atoms. The van der Waals surface area contributed by atoms with Gasteiger partial charge in [-0.1, -0.05) is 18.3 Å². The zero-order valence-corrected chi connectivity index (χ0v) is 8.98. The lowest BCUT2D eigenvalue weighted by Crippen LogP contribution is -2.31. The monoisotopic (exact) mass is 254 g/mol. The van der Waals surface area contributed by atoms with Crippen LogP contribution in [0.5, 0.6) is 0 Å². The Hall–Kier alpha value is -0.850. The van der Waals surface area contributed by atoms with Crippen LogP contribution in [0.1, 0.15) is 12.8 Å². The third-order valence-corrected chi connectivity index (χ3v) is 2.87. The number of allylic oxidation sites excluding steroid dienone is 2. The van der Waals surface area contributed by atoms with E-state index in [2.05, 4.69) is 17.3 Å². The zero-order valence-electron chi connectivity index (χ0n) is 8.17. The van der Waals surface area contributed by atoms with Gasteiger partial charge in [-0.15, -0.1) is 0 Å². The number of rotatable bonds is 3. The molecule has 3 atom stereocenters. The molecule has 1 rings (SSSR count). The molecule has 1 aliphatic rings. The van der Waals surface area contributed by atoms with E-state index in [-0.39, 0.29) is 12.8 Å². The Morgan fingerprint density at radius 1 is 1.56 bits per heavy atom. The van der Waals surface area contributed by atoms with Crippen LogP contribution in [0.25, 0.3) is 0 Å². The summed E-state index contributed by atoms with van der Waals surface area (Å²) in [7, 11) is 0. The van der Waals surface area contributed by atoms with Crippen LogP contribution in [0.4, 0.5) is 17.6 Å². The first-order valence-corrected chi connectivity index (χ1v) is 5.10. The van der Waals surface area contributed by atoms with Gasteiger partial charge in [-0.2, -0.15) is 18.3 Å². The van der Waals surface area contributed by atoms with Crippen LogP contribution in [0, 0.1) is 11.4 Å². The van der Waals surface area contributed by atoms with Crippen molar-refractivity contribution in [1.29, 1.82) is 5.53 Å². The minimum atomic E-state index is -4.62. The van der Waals surface area contributed by atoms with Crippen molar-refractivity contribution in [3.05, 3.63) is 11.6 Å². The number of alkyl halides is 4. The summed E-state index contributed by atoms with van der Waals surface area (Å²) < 4.78 is 50.1. The Kier molecular flexibility index (Phi) is 4.12. The summed E-state index contributed by atoms with van der Waals surface area (Å²) in [6, 6.07) is -0.681. The second kappa shape index (κ2) is 4.99. The van der Waals surface area contributed by atoms with Gasteiger partial charge in [-0.05, 0) is 18.8 Å². The van der Waals surface area contributed by atoms with E-state index < -0.39 is 29.9 Å². The van der Waals surface area contributed by atoms with E-state index in [1.54, 1.807) is 0 Å². The Balaban J connectivity index is 2.80. The van der Waals surface area contributed by atoms with E-state index in [9.17, 15) is 17.6 Å². The Labute approximate surface area is 95.2 Å². The molecule has 1 aliphatic carbocycles. The molecule has 0 saturated heterocycles. The third-order valence-electron chi connectivity index (χ3n) is 2.59. The smallest absolute Gasteiger partial charge is 0.242 e. The molecule has 3 unspecified atom stereocenters. The molecular weight excluding hydrogens is 244 g/mol. The van der Waals surface area contributed by atoms with Crippen molar-refractivity contribution in [2.75, 3.05) is 0 Å². The lowest BCUT2D eigenvalue weighted by Gasteiger charge is -2.27. The van der Waals surface area contributed by atoms with Gasteiger partial charge in [-0.25, -0.2) is 9.92 Å². The number of nitrogens with one attached hydrogen (secondary N) is 1. The quantitative estimate of drug-likeness (QED) is 0.355. The van der Waals surface area contributed by atoms with Crippen LogP contribution in [0.3, 0.4) is 0 Å². The van der Waals surface area contributed by atoms with Gasteiger partial charge in [0.1, 0.15) is 12.2 Å². The highest BCUT2D eigenvalue weighted by Gasteiger charge is 2.42. The Morgan fingerprint density at radius 2 is 2.19 bits per heavy atom. The molecule has 1 N–H and O–H groups in total. The average Bonchev–Trinajstić information content (AvgIpc) is 2.17. The Bertz CT molecular complexity index is 305. The molecule has 0 aromatic heterocycles. The molecule has 0 aliphatic heterocycles. The predicted octanol–water partition coefficient (Wildman–Crippen LogP) is 3.62. The van der Waals surface area contributed by atoms with Crippen molar-refractivity contribution in [1.82, 2.24) is 0 Å². The van der Waals surface area contributed by atoms with Crippen molar-refractivity contribution >= 4 is 17.6 Å². The summed E-state index contributed by atoms with van der Waals surface area (Å²) in [5, 5.41) is 4.36. The Morgan fingerprint density at radius 3 is 2.56 bits per heavy atom.